The summed E-state index contributed by atoms with van der Waals surface area (Å²) in [7, 11) is 4.12. The summed E-state index contributed by atoms with van der Waals surface area (Å²) >= 11 is 0. The van der Waals surface area contributed by atoms with Crippen LogP contribution in [0.1, 0.15) is 62.4 Å². The van der Waals surface area contributed by atoms with Crippen molar-refractivity contribution in [3.8, 4) is 0 Å². The lowest BCUT2D eigenvalue weighted by molar-refractivity contribution is 0.307. The van der Waals surface area contributed by atoms with Crippen molar-refractivity contribution in [2.24, 2.45) is 0 Å². The Hall–Kier alpha value is -0.960. The Morgan fingerprint density at radius 3 is 2.12 bits per heavy atom. The summed E-state index contributed by atoms with van der Waals surface area (Å²) < 4.78 is 0. The molecule has 0 saturated heterocycles. The summed E-state index contributed by atoms with van der Waals surface area (Å²) in [5.41, 5.74) is 3.66. The number of aromatic nitrogens is 2. The van der Waals surface area contributed by atoms with Gasteiger partial charge >= 0.3 is 0 Å². The van der Waals surface area contributed by atoms with E-state index in [0.29, 0.717) is 5.92 Å². The Bertz CT molecular complexity index is 383. The van der Waals surface area contributed by atoms with E-state index in [9.17, 15) is 0 Å². The first-order valence-corrected chi connectivity index (χ1v) is 6.42. The molecule has 1 rings (SSSR count). The van der Waals surface area contributed by atoms with E-state index < -0.39 is 0 Å². The van der Waals surface area contributed by atoms with E-state index in [4.69, 9.17) is 4.98 Å². The van der Waals surface area contributed by atoms with Gasteiger partial charge in [-0.3, -0.25) is 4.90 Å². The van der Waals surface area contributed by atoms with Gasteiger partial charge in [0.25, 0.3) is 0 Å². The molecule has 0 N–H and O–H groups in total. The lowest BCUT2D eigenvalue weighted by Gasteiger charge is -2.21. The highest BCUT2D eigenvalue weighted by Gasteiger charge is 2.17. The van der Waals surface area contributed by atoms with Crippen LogP contribution in [0.2, 0.25) is 0 Å². The number of hydrogen-bond acceptors (Lipinski definition) is 3. The quantitative estimate of drug-likeness (QED) is 0.803. The van der Waals surface area contributed by atoms with E-state index >= 15 is 0 Å². The monoisotopic (exact) mass is 235 g/mol. The van der Waals surface area contributed by atoms with E-state index in [1.807, 2.05) is 0 Å². The predicted molar refractivity (Wildman–Crippen MR) is 72.3 cm³/mol. The second-order valence-electron chi connectivity index (χ2n) is 5.18. The van der Waals surface area contributed by atoms with Gasteiger partial charge in [0.05, 0.1) is 6.04 Å². The van der Waals surface area contributed by atoms with Crippen molar-refractivity contribution in [1.82, 2.24) is 14.9 Å². The van der Waals surface area contributed by atoms with Gasteiger partial charge in [0, 0.05) is 11.4 Å². The molecule has 1 aromatic heterocycles. The highest BCUT2D eigenvalue weighted by molar-refractivity contribution is 5.29. The van der Waals surface area contributed by atoms with Gasteiger partial charge in [-0.25, -0.2) is 9.97 Å². The molecule has 96 valence electrons. The van der Waals surface area contributed by atoms with Crippen molar-refractivity contribution in [2.75, 3.05) is 14.1 Å². The fraction of sp³-hybridized carbons (Fsp3) is 0.714. The maximum absolute atomic E-state index is 4.74. The zero-order chi connectivity index (χ0) is 13.2. The summed E-state index contributed by atoms with van der Waals surface area (Å²) in [5, 5.41) is 0. The number of rotatable bonds is 4. The first-order valence-electron chi connectivity index (χ1n) is 6.42. The minimum absolute atomic E-state index is 0.264. The molecule has 3 heteroatoms. The van der Waals surface area contributed by atoms with Gasteiger partial charge < -0.3 is 0 Å². The van der Waals surface area contributed by atoms with Crippen molar-refractivity contribution in [3.63, 3.8) is 0 Å². The zero-order valence-electron chi connectivity index (χ0n) is 12.2. The average molecular weight is 235 g/mol. The Morgan fingerprint density at radius 1 is 1.12 bits per heavy atom. The van der Waals surface area contributed by atoms with Gasteiger partial charge in [0.2, 0.25) is 0 Å². The molecule has 0 aromatic carbocycles. The summed E-state index contributed by atoms with van der Waals surface area (Å²) in [4.78, 5) is 11.6. The molecule has 0 bridgehead atoms. The zero-order valence-corrected chi connectivity index (χ0v) is 12.2. The van der Waals surface area contributed by atoms with Gasteiger partial charge in [-0.2, -0.15) is 0 Å². The fourth-order valence-electron chi connectivity index (χ4n) is 2.10. The fourth-order valence-corrected chi connectivity index (χ4v) is 2.10. The van der Waals surface area contributed by atoms with E-state index in [-0.39, 0.29) is 6.04 Å². The molecule has 0 aliphatic carbocycles. The summed E-state index contributed by atoms with van der Waals surface area (Å²) in [6, 6.07) is 0.264. The first kappa shape index (κ1) is 14.1. The molecule has 3 nitrogen and oxygen atoms in total. The van der Waals surface area contributed by atoms with Gasteiger partial charge in [-0.15, -0.1) is 0 Å². The molecule has 0 aliphatic heterocycles. The minimum atomic E-state index is 0.264. The Kier molecular flexibility index (Phi) is 4.63. The molecule has 0 spiro atoms. The second-order valence-corrected chi connectivity index (χ2v) is 5.18. The molecule has 0 aliphatic rings. The molecule has 1 heterocycles. The van der Waals surface area contributed by atoms with E-state index in [2.05, 4.69) is 58.6 Å². The SMILES string of the molecule is CCc1nc([C@H](C)N(C)C)nc(C)c1C(C)C. The minimum Gasteiger partial charge on any atom is -0.300 e. The van der Waals surface area contributed by atoms with Crippen LogP contribution in [0, 0.1) is 6.92 Å². The number of nitrogens with zero attached hydrogens (tertiary/aromatic N) is 3. The lowest BCUT2D eigenvalue weighted by Crippen LogP contribution is -2.21. The van der Waals surface area contributed by atoms with Crippen LogP contribution in [0.15, 0.2) is 0 Å². The van der Waals surface area contributed by atoms with Crippen LogP contribution in [-0.4, -0.2) is 29.0 Å². The number of aryl methyl sites for hydroxylation is 2. The van der Waals surface area contributed by atoms with Gasteiger partial charge in [-0.05, 0) is 45.8 Å². The third kappa shape index (κ3) is 3.03. The topological polar surface area (TPSA) is 29.0 Å². The molecular formula is C14H25N3. The summed E-state index contributed by atoms with van der Waals surface area (Å²) in [5.74, 6) is 1.43. The van der Waals surface area contributed by atoms with Crippen molar-refractivity contribution in [3.05, 3.63) is 22.8 Å². The predicted octanol–water partition coefficient (Wildman–Crippen LogP) is 3.09. The Balaban J connectivity index is 3.27. The van der Waals surface area contributed by atoms with E-state index in [0.717, 1.165) is 17.9 Å². The molecule has 1 atom stereocenters. The molecular weight excluding hydrogens is 210 g/mol. The third-order valence-electron chi connectivity index (χ3n) is 3.29. The molecule has 0 fully saturated rings. The van der Waals surface area contributed by atoms with Crippen molar-refractivity contribution in [2.45, 2.75) is 53.0 Å². The largest absolute Gasteiger partial charge is 0.300 e. The van der Waals surface area contributed by atoms with Crippen LogP contribution in [0.5, 0.6) is 0 Å². The third-order valence-corrected chi connectivity index (χ3v) is 3.29. The molecule has 0 saturated carbocycles. The van der Waals surface area contributed by atoms with Crippen LogP contribution in [0.4, 0.5) is 0 Å². The molecule has 0 amide bonds. The average Bonchev–Trinajstić information content (AvgIpc) is 2.25. The van der Waals surface area contributed by atoms with Crippen LogP contribution in [0.3, 0.4) is 0 Å². The molecule has 0 radical (unpaired) electrons. The van der Waals surface area contributed by atoms with Crippen LogP contribution in [-0.2, 0) is 6.42 Å². The van der Waals surface area contributed by atoms with Crippen molar-refractivity contribution >= 4 is 0 Å². The summed E-state index contributed by atoms with van der Waals surface area (Å²) in [6.07, 6.45) is 0.976. The maximum atomic E-state index is 4.74. The summed E-state index contributed by atoms with van der Waals surface area (Å²) in [6.45, 7) is 10.8. The maximum Gasteiger partial charge on any atom is 0.145 e. The van der Waals surface area contributed by atoms with Crippen molar-refractivity contribution < 1.29 is 0 Å². The number of hydrogen-bond donors (Lipinski definition) is 0. The van der Waals surface area contributed by atoms with E-state index in [1.54, 1.807) is 0 Å². The van der Waals surface area contributed by atoms with Gasteiger partial charge in [0.15, 0.2) is 0 Å². The molecule has 17 heavy (non-hydrogen) atoms. The smallest absolute Gasteiger partial charge is 0.145 e. The van der Waals surface area contributed by atoms with Gasteiger partial charge in [-0.1, -0.05) is 20.8 Å². The standard InChI is InChI=1S/C14H25N3/c1-8-12-13(9(2)3)10(4)15-14(16-12)11(5)17(6)7/h9,11H,8H2,1-7H3/t11-/m0/s1. The normalized spacial score (nSPS) is 13.5. The molecule has 1 aromatic rings. The van der Waals surface area contributed by atoms with Crippen LogP contribution < -0.4 is 0 Å². The Labute approximate surface area is 105 Å². The second kappa shape index (κ2) is 5.58. The highest BCUT2D eigenvalue weighted by Crippen LogP contribution is 2.24. The van der Waals surface area contributed by atoms with Crippen molar-refractivity contribution in [1.29, 1.82) is 0 Å². The van der Waals surface area contributed by atoms with Crippen LogP contribution in [0.25, 0.3) is 0 Å². The Morgan fingerprint density at radius 2 is 1.71 bits per heavy atom. The highest BCUT2D eigenvalue weighted by atomic mass is 15.1. The molecule has 0 unspecified atom stereocenters. The first-order chi connectivity index (χ1) is 7.88. The lowest BCUT2D eigenvalue weighted by atomic mass is 9.98. The van der Waals surface area contributed by atoms with Crippen LogP contribution >= 0.6 is 0 Å². The van der Waals surface area contributed by atoms with Gasteiger partial charge in [0.1, 0.15) is 5.82 Å². The van der Waals surface area contributed by atoms with E-state index in [1.165, 1.54) is 11.3 Å².